The zero-order chi connectivity index (χ0) is 13.7. The molecule has 1 atom stereocenters. The molecule has 1 aromatic carbocycles. The maximum atomic E-state index is 5.97. The van der Waals surface area contributed by atoms with Crippen molar-refractivity contribution in [1.82, 2.24) is 9.80 Å². The van der Waals surface area contributed by atoms with Gasteiger partial charge in [-0.05, 0) is 31.7 Å². The molecule has 19 heavy (non-hydrogen) atoms. The van der Waals surface area contributed by atoms with Crippen molar-refractivity contribution in [2.45, 2.75) is 19.9 Å². The third kappa shape index (κ3) is 4.37. The van der Waals surface area contributed by atoms with E-state index in [4.69, 9.17) is 11.6 Å². The monoisotopic (exact) mass is 281 g/mol. The molecule has 4 heteroatoms. The number of piperazine rings is 1. The Hall–Kier alpha value is -0.770. The normalized spacial score (nSPS) is 21.5. The molecule has 106 valence electrons. The minimum absolute atomic E-state index is 0.671. The summed E-state index contributed by atoms with van der Waals surface area (Å²) in [5.74, 6) is 0. The summed E-state index contributed by atoms with van der Waals surface area (Å²) in [5.41, 5.74) is 1.10. The summed E-state index contributed by atoms with van der Waals surface area (Å²) in [6.45, 7) is 11.3. The quantitative estimate of drug-likeness (QED) is 0.895. The lowest BCUT2D eigenvalue weighted by Gasteiger charge is -2.39. The molecule has 1 unspecified atom stereocenters. The van der Waals surface area contributed by atoms with Gasteiger partial charge in [-0.15, -0.1) is 0 Å². The Balaban J connectivity index is 1.72. The van der Waals surface area contributed by atoms with E-state index >= 15 is 0 Å². The lowest BCUT2D eigenvalue weighted by atomic mass is 10.2. The van der Waals surface area contributed by atoms with Gasteiger partial charge in [0, 0.05) is 49.5 Å². The summed E-state index contributed by atoms with van der Waals surface area (Å²) in [7, 11) is 0. The van der Waals surface area contributed by atoms with E-state index in [1.807, 2.05) is 18.2 Å². The summed E-state index contributed by atoms with van der Waals surface area (Å²) in [5, 5.41) is 4.22. The molecule has 1 saturated heterocycles. The number of rotatable bonds is 5. The zero-order valence-electron chi connectivity index (χ0n) is 11.9. The van der Waals surface area contributed by atoms with Gasteiger partial charge in [0.1, 0.15) is 0 Å². The van der Waals surface area contributed by atoms with Crippen molar-refractivity contribution in [1.29, 1.82) is 0 Å². The molecule has 0 aliphatic carbocycles. The summed E-state index contributed by atoms with van der Waals surface area (Å²) >= 11 is 5.97. The Morgan fingerprint density at radius 1 is 1.37 bits per heavy atom. The number of anilines is 1. The molecule has 1 aliphatic rings. The van der Waals surface area contributed by atoms with Crippen LogP contribution < -0.4 is 5.32 Å². The first kappa shape index (κ1) is 14.6. The first-order valence-electron chi connectivity index (χ1n) is 7.15. The number of benzene rings is 1. The van der Waals surface area contributed by atoms with Crippen molar-refractivity contribution >= 4 is 17.3 Å². The summed E-state index contributed by atoms with van der Waals surface area (Å²) in [6, 6.07) is 8.58. The van der Waals surface area contributed by atoms with Crippen LogP contribution in [-0.2, 0) is 0 Å². The van der Waals surface area contributed by atoms with Gasteiger partial charge in [0.25, 0.3) is 0 Å². The summed E-state index contributed by atoms with van der Waals surface area (Å²) < 4.78 is 0. The lowest BCUT2D eigenvalue weighted by molar-refractivity contribution is 0.0910. The number of halogens is 1. The first-order chi connectivity index (χ1) is 9.19. The van der Waals surface area contributed by atoms with Gasteiger partial charge in [-0.2, -0.15) is 0 Å². The van der Waals surface area contributed by atoms with Crippen LogP contribution in [0.25, 0.3) is 0 Å². The van der Waals surface area contributed by atoms with E-state index in [9.17, 15) is 0 Å². The van der Waals surface area contributed by atoms with Crippen LogP contribution in [0.5, 0.6) is 0 Å². The van der Waals surface area contributed by atoms with Crippen LogP contribution in [-0.4, -0.2) is 55.1 Å². The van der Waals surface area contributed by atoms with Crippen LogP contribution in [0.3, 0.4) is 0 Å². The molecule has 1 heterocycles. The molecule has 0 radical (unpaired) electrons. The van der Waals surface area contributed by atoms with Gasteiger partial charge in [0.15, 0.2) is 0 Å². The lowest BCUT2D eigenvalue weighted by Crippen LogP contribution is -2.52. The molecule has 3 nitrogen and oxygen atoms in total. The van der Waals surface area contributed by atoms with E-state index in [0.29, 0.717) is 6.04 Å². The second-order valence-corrected chi connectivity index (χ2v) is 5.65. The highest BCUT2D eigenvalue weighted by atomic mass is 35.5. The highest BCUT2D eigenvalue weighted by Gasteiger charge is 2.21. The molecular formula is C15H24ClN3. The van der Waals surface area contributed by atoms with Gasteiger partial charge in [-0.1, -0.05) is 24.6 Å². The molecule has 1 aliphatic heterocycles. The van der Waals surface area contributed by atoms with Crippen LogP contribution in [0.4, 0.5) is 5.69 Å². The Kier molecular flexibility index (Phi) is 5.49. The smallest absolute Gasteiger partial charge is 0.0426 e. The molecule has 1 fully saturated rings. The van der Waals surface area contributed by atoms with Crippen LogP contribution in [0, 0.1) is 0 Å². The predicted molar refractivity (Wildman–Crippen MR) is 83.1 cm³/mol. The van der Waals surface area contributed by atoms with Crippen molar-refractivity contribution < 1.29 is 0 Å². The van der Waals surface area contributed by atoms with Gasteiger partial charge < -0.3 is 5.32 Å². The standard InChI is InChI=1S/C15H24ClN3/c1-3-19-10-9-18(12-13(19)2)8-7-17-15-6-4-5-14(16)11-15/h4-6,11,13,17H,3,7-10,12H2,1-2H3. The van der Waals surface area contributed by atoms with Crippen LogP contribution in [0.1, 0.15) is 13.8 Å². The van der Waals surface area contributed by atoms with E-state index in [2.05, 4.69) is 35.0 Å². The third-order valence-electron chi connectivity index (χ3n) is 3.84. The molecule has 1 N–H and O–H groups in total. The molecule has 0 aromatic heterocycles. The molecule has 2 rings (SSSR count). The number of hydrogen-bond acceptors (Lipinski definition) is 3. The Morgan fingerprint density at radius 2 is 2.21 bits per heavy atom. The minimum atomic E-state index is 0.671. The number of nitrogens with zero attached hydrogens (tertiary/aromatic N) is 2. The largest absolute Gasteiger partial charge is 0.384 e. The van der Waals surface area contributed by atoms with E-state index < -0.39 is 0 Å². The van der Waals surface area contributed by atoms with Gasteiger partial charge >= 0.3 is 0 Å². The van der Waals surface area contributed by atoms with Crippen LogP contribution >= 0.6 is 11.6 Å². The maximum absolute atomic E-state index is 5.97. The fourth-order valence-corrected chi connectivity index (χ4v) is 2.89. The van der Waals surface area contributed by atoms with E-state index in [-0.39, 0.29) is 0 Å². The van der Waals surface area contributed by atoms with Crippen molar-refractivity contribution in [2.24, 2.45) is 0 Å². The molecule has 0 amide bonds. The Labute approximate surface area is 121 Å². The molecule has 0 saturated carbocycles. The fourth-order valence-electron chi connectivity index (χ4n) is 2.70. The second kappa shape index (κ2) is 7.13. The first-order valence-corrected chi connectivity index (χ1v) is 7.52. The van der Waals surface area contributed by atoms with Crippen LogP contribution in [0.2, 0.25) is 5.02 Å². The molecule has 0 bridgehead atoms. The Morgan fingerprint density at radius 3 is 2.89 bits per heavy atom. The van der Waals surface area contributed by atoms with E-state index in [0.717, 1.165) is 30.3 Å². The fraction of sp³-hybridized carbons (Fsp3) is 0.600. The third-order valence-corrected chi connectivity index (χ3v) is 4.07. The van der Waals surface area contributed by atoms with Gasteiger partial charge in [-0.25, -0.2) is 0 Å². The molecular weight excluding hydrogens is 258 g/mol. The SMILES string of the molecule is CCN1CCN(CCNc2cccc(Cl)c2)CC1C. The van der Waals surface area contributed by atoms with Gasteiger partial charge in [-0.3, -0.25) is 9.80 Å². The molecule has 1 aromatic rings. The zero-order valence-corrected chi connectivity index (χ0v) is 12.7. The summed E-state index contributed by atoms with van der Waals surface area (Å²) in [6.07, 6.45) is 0. The number of hydrogen-bond donors (Lipinski definition) is 1. The van der Waals surface area contributed by atoms with Gasteiger partial charge in [0.05, 0.1) is 0 Å². The topological polar surface area (TPSA) is 18.5 Å². The highest BCUT2D eigenvalue weighted by molar-refractivity contribution is 6.30. The van der Waals surface area contributed by atoms with E-state index in [1.54, 1.807) is 0 Å². The summed E-state index contributed by atoms with van der Waals surface area (Å²) in [4.78, 5) is 5.08. The predicted octanol–water partition coefficient (Wildman–Crippen LogP) is 2.78. The van der Waals surface area contributed by atoms with Crippen molar-refractivity contribution in [3.63, 3.8) is 0 Å². The highest BCUT2D eigenvalue weighted by Crippen LogP contribution is 2.14. The molecule has 0 spiro atoms. The van der Waals surface area contributed by atoms with Crippen molar-refractivity contribution in [2.75, 3.05) is 44.6 Å². The Bertz CT molecular complexity index is 397. The number of likely N-dealkylation sites (N-methyl/N-ethyl adjacent to an activating group) is 1. The van der Waals surface area contributed by atoms with Crippen LogP contribution in [0.15, 0.2) is 24.3 Å². The average Bonchev–Trinajstić information content (AvgIpc) is 2.39. The van der Waals surface area contributed by atoms with Gasteiger partial charge in [0.2, 0.25) is 0 Å². The second-order valence-electron chi connectivity index (χ2n) is 5.22. The van der Waals surface area contributed by atoms with E-state index in [1.165, 1.54) is 19.6 Å². The maximum Gasteiger partial charge on any atom is 0.0426 e. The minimum Gasteiger partial charge on any atom is -0.384 e. The van der Waals surface area contributed by atoms with Crippen molar-refractivity contribution in [3.05, 3.63) is 29.3 Å². The van der Waals surface area contributed by atoms with Crippen molar-refractivity contribution in [3.8, 4) is 0 Å². The number of nitrogens with one attached hydrogen (secondary N) is 1. The average molecular weight is 282 g/mol.